The Labute approximate surface area is 156 Å². The Bertz CT molecular complexity index is 880. The van der Waals surface area contributed by atoms with Gasteiger partial charge >= 0.3 is 5.97 Å². The van der Waals surface area contributed by atoms with Crippen molar-refractivity contribution in [3.05, 3.63) is 26.6 Å². The number of fused-ring (bicyclic) bond motifs is 3. The lowest BCUT2D eigenvalue weighted by molar-refractivity contribution is -0.920. The number of aromatic nitrogens is 2. The van der Waals surface area contributed by atoms with Crippen LogP contribution >= 0.6 is 11.3 Å². The summed E-state index contributed by atoms with van der Waals surface area (Å²) in [6.45, 7) is 4.79. The minimum absolute atomic E-state index is 0.0147. The van der Waals surface area contributed by atoms with Crippen LogP contribution in [0.15, 0.2) is 4.79 Å². The van der Waals surface area contributed by atoms with Crippen molar-refractivity contribution in [2.45, 2.75) is 45.6 Å². The average molecular weight is 377 g/mol. The molecule has 0 radical (unpaired) electrons. The van der Waals surface area contributed by atoms with Crippen molar-refractivity contribution >= 4 is 27.5 Å². The molecule has 0 spiro atoms. The zero-order chi connectivity index (χ0) is 18.3. The first-order valence-electron chi connectivity index (χ1n) is 9.50. The van der Waals surface area contributed by atoms with Crippen molar-refractivity contribution in [2.24, 2.45) is 11.8 Å². The molecule has 4 rings (SSSR count). The Morgan fingerprint density at radius 1 is 1.35 bits per heavy atom. The number of thiophene rings is 1. The summed E-state index contributed by atoms with van der Waals surface area (Å²) in [5.41, 5.74) is 1.25. The molecule has 2 N–H and O–H groups in total. The summed E-state index contributed by atoms with van der Waals surface area (Å²) < 4.78 is 4.85. The number of carbonyl (C=O) groups is 1. The van der Waals surface area contributed by atoms with Gasteiger partial charge in [0.2, 0.25) is 0 Å². The van der Waals surface area contributed by atoms with E-state index in [0.717, 1.165) is 61.2 Å². The number of hydrogen-bond donors (Lipinski definition) is 2. The van der Waals surface area contributed by atoms with Gasteiger partial charge in [-0.05, 0) is 30.7 Å². The number of H-pyrrole nitrogens is 1. The number of aryl methyl sites for hydroxylation is 1. The molecule has 7 heteroatoms. The predicted molar refractivity (Wildman–Crippen MR) is 101 cm³/mol. The van der Waals surface area contributed by atoms with Crippen LogP contribution in [0.5, 0.6) is 0 Å². The molecule has 1 atom stereocenters. The molecule has 1 aliphatic carbocycles. The van der Waals surface area contributed by atoms with E-state index in [1.165, 1.54) is 22.5 Å². The van der Waals surface area contributed by atoms with Gasteiger partial charge in [-0.15, -0.1) is 11.3 Å². The summed E-state index contributed by atoms with van der Waals surface area (Å²) in [5.74, 6) is 1.37. The monoisotopic (exact) mass is 376 g/mol. The number of nitrogens with zero attached hydrogens (tertiary/aromatic N) is 1. The first kappa shape index (κ1) is 17.7. The van der Waals surface area contributed by atoms with Crippen LogP contribution in [0.4, 0.5) is 0 Å². The van der Waals surface area contributed by atoms with E-state index in [1.54, 1.807) is 11.3 Å². The van der Waals surface area contributed by atoms with Crippen LogP contribution in [-0.4, -0.2) is 36.1 Å². The van der Waals surface area contributed by atoms with Gasteiger partial charge in [-0.1, -0.05) is 6.92 Å². The van der Waals surface area contributed by atoms with E-state index in [2.05, 4.69) is 11.9 Å². The van der Waals surface area contributed by atoms with E-state index in [-0.39, 0.29) is 17.4 Å². The molecule has 0 unspecified atom stereocenters. The lowest BCUT2D eigenvalue weighted by atomic mass is 9.89. The molecule has 2 aromatic heterocycles. The highest BCUT2D eigenvalue weighted by Crippen LogP contribution is 2.35. The fourth-order valence-corrected chi connectivity index (χ4v) is 5.72. The molecule has 1 fully saturated rings. The van der Waals surface area contributed by atoms with Crippen LogP contribution in [-0.2, 0) is 28.9 Å². The summed E-state index contributed by atoms with van der Waals surface area (Å²) in [7, 11) is 1.45. The van der Waals surface area contributed by atoms with Gasteiger partial charge in [0.25, 0.3) is 5.56 Å². The van der Waals surface area contributed by atoms with Crippen molar-refractivity contribution < 1.29 is 14.4 Å². The summed E-state index contributed by atoms with van der Waals surface area (Å²) in [6.07, 6.45) is 4.88. The molecule has 0 bridgehead atoms. The van der Waals surface area contributed by atoms with E-state index in [0.29, 0.717) is 12.5 Å². The summed E-state index contributed by atoms with van der Waals surface area (Å²) in [4.78, 5) is 35.7. The van der Waals surface area contributed by atoms with Crippen molar-refractivity contribution in [3.63, 3.8) is 0 Å². The third-order valence-electron chi connectivity index (χ3n) is 5.86. The van der Waals surface area contributed by atoms with E-state index < -0.39 is 0 Å². The molecule has 0 aromatic carbocycles. The Kier molecular flexibility index (Phi) is 4.84. The molecule has 3 heterocycles. The molecule has 1 aliphatic heterocycles. The number of esters is 1. The molecular weight excluding hydrogens is 350 g/mol. The maximum atomic E-state index is 12.7. The highest BCUT2D eigenvalue weighted by Gasteiger charge is 2.29. The van der Waals surface area contributed by atoms with E-state index in [1.807, 2.05) is 0 Å². The number of methoxy groups -OCH3 is 1. The highest BCUT2D eigenvalue weighted by molar-refractivity contribution is 7.18. The Hall–Kier alpha value is -1.73. The predicted octanol–water partition coefficient (Wildman–Crippen LogP) is 1.08. The highest BCUT2D eigenvalue weighted by atomic mass is 32.1. The molecule has 0 saturated carbocycles. The minimum Gasteiger partial charge on any atom is -0.469 e. The Balaban J connectivity index is 1.52. The third-order valence-corrected chi connectivity index (χ3v) is 7.01. The molecule has 26 heavy (non-hydrogen) atoms. The lowest BCUT2D eigenvalue weighted by Gasteiger charge is -2.27. The first-order valence-corrected chi connectivity index (χ1v) is 10.3. The fraction of sp³-hybridized carbons (Fsp3) is 0.632. The minimum atomic E-state index is -0.101. The summed E-state index contributed by atoms with van der Waals surface area (Å²) >= 11 is 1.70. The van der Waals surface area contributed by atoms with Crippen molar-refractivity contribution in [3.8, 4) is 0 Å². The van der Waals surface area contributed by atoms with Crippen LogP contribution < -0.4 is 10.5 Å². The standard InChI is InChI=1S/C19H25N3O3S/c1-11-3-4-13-14(9-11)26-18-16(13)17(23)20-15(21-18)10-22-7-5-12(6-8-22)19(24)25-2/h11-12H,3-10H2,1-2H3,(H,20,21,23)/p+1/t11-/m1/s1. The number of ether oxygens (including phenoxy) is 1. The van der Waals surface area contributed by atoms with E-state index >= 15 is 0 Å². The second-order valence-corrected chi connectivity index (χ2v) is 8.85. The van der Waals surface area contributed by atoms with Gasteiger partial charge in [0.15, 0.2) is 5.82 Å². The maximum absolute atomic E-state index is 12.7. The van der Waals surface area contributed by atoms with Gasteiger partial charge < -0.3 is 14.6 Å². The first-order chi connectivity index (χ1) is 12.5. The SMILES string of the molecule is COC(=O)C1CC[NH+](Cc2nc3sc4c(c3c(=O)[nH]2)CC[C@@H](C)C4)CC1. The van der Waals surface area contributed by atoms with Crippen LogP contribution in [0, 0.1) is 11.8 Å². The largest absolute Gasteiger partial charge is 0.469 e. The van der Waals surface area contributed by atoms with Crippen LogP contribution in [0.25, 0.3) is 10.2 Å². The summed E-state index contributed by atoms with van der Waals surface area (Å²) in [5, 5.41) is 0.819. The number of rotatable bonds is 3. The molecule has 2 aromatic rings. The number of likely N-dealkylation sites (tertiary alicyclic amines) is 1. The third kappa shape index (κ3) is 3.30. The second kappa shape index (κ2) is 7.12. The quantitative estimate of drug-likeness (QED) is 0.786. The maximum Gasteiger partial charge on any atom is 0.309 e. The number of aromatic amines is 1. The topological polar surface area (TPSA) is 76.5 Å². The molecule has 2 aliphatic rings. The van der Waals surface area contributed by atoms with Gasteiger partial charge in [-0.2, -0.15) is 0 Å². The summed E-state index contributed by atoms with van der Waals surface area (Å²) in [6, 6.07) is 0. The molecule has 1 saturated heterocycles. The van der Waals surface area contributed by atoms with Crippen LogP contribution in [0.1, 0.15) is 42.5 Å². The second-order valence-electron chi connectivity index (χ2n) is 7.77. The Morgan fingerprint density at radius 3 is 2.85 bits per heavy atom. The van der Waals surface area contributed by atoms with Gasteiger partial charge in [-0.3, -0.25) is 9.59 Å². The van der Waals surface area contributed by atoms with E-state index in [4.69, 9.17) is 9.72 Å². The number of nitrogens with one attached hydrogen (secondary N) is 2. The number of carbonyl (C=O) groups excluding carboxylic acids is 1. The smallest absolute Gasteiger partial charge is 0.309 e. The molecule has 6 nitrogen and oxygen atoms in total. The molecule has 140 valence electrons. The van der Waals surface area contributed by atoms with Gasteiger partial charge in [0.1, 0.15) is 11.4 Å². The van der Waals surface area contributed by atoms with Crippen molar-refractivity contribution in [2.75, 3.05) is 20.2 Å². The lowest BCUT2D eigenvalue weighted by Crippen LogP contribution is -3.12. The normalized spacial score (nSPS) is 25.8. The van der Waals surface area contributed by atoms with E-state index in [9.17, 15) is 9.59 Å². The fourth-order valence-electron chi connectivity index (χ4n) is 4.32. The van der Waals surface area contributed by atoms with Crippen molar-refractivity contribution in [1.82, 2.24) is 9.97 Å². The van der Waals surface area contributed by atoms with Gasteiger partial charge in [0.05, 0.1) is 31.5 Å². The number of piperidine rings is 1. The zero-order valence-electron chi connectivity index (χ0n) is 15.4. The number of quaternary nitrogens is 1. The average Bonchev–Trinajstić information content (AvgIpc) is 2.99. The van der Waals surface area contributed by atoms with Gasteiger partial charge in [-0.25, -0.2) is 4.98 Å². The zero-order valence-corrected chi connectivity index (χ0v) is 16.2. The van der Waals surface area contributed by atoms with Gasteiger partial charge in [0, 0.05) is 17.7 Å². The van der Waals surface area contributed by atoms with Crippen LogP contribution in [0.2, 0.25) is 0 Å². The molecule has 0 amide bonds. The number of hydrogen-bond acceptors (Lipinski definition) is 5. The molecular formula is C19H26N3O3S+. The Morgan fingerprint density at radius 2 is 2.12 bits per heavy atom. The van der Waals surface area contributed by atoms with Crippen LogP contribution in [0.3, 0.4) is 0 Å². The van der Waals surface area contributed by atoms with Crippen molar-refractivity contribution in [1.29, 1.82) is 0 Å².